The van der Waals surface area contributed by atoms with E-state index >= 15 is 0 Å². The van der Waals surface area contributed by atoms with Gasteiger partial charge in [0.15, 0.2) is 0 Å². The van der Waals surface area contributed by atoms with Crippen LogP contribution in [0.5, 0.6) is 0 Å². The molecule has 0 saturated heterocycles. The van der Waals surface area contributed by atoms with Crippen molar-refractivity contribution in [1.82, 2.24) is 9.61 Å². The lowest BCUT2D eigenvalue weighted by molar-refractivity contribution is 0.100. The van der Waals surface area contributed by atoms with Gasteiger partial charge in [-0.25, -0.2) is 4.52 Å². The predicted molar refractivity (Wildman–Crippen MR) is 99.6 cm³/mol. The largest absolute Gasteiger partial charge is 0.366 e. The maximum absolute atomic E-state index is 11.4. The molecule has 2 N–H and O–H groups in total. The molecule has 0 radical (unpaired) electrons. The molecule has 0 spiro atoms. The van der Waals surface area contributed by atoms with Crippen LogP contribution in [0.4, 0.5) is 0 Å². The molecule has 122 valence electrons. The van der Waals surface area contributed by atoms with E-state index in [1.54, 1.807) is 12.1 Å². The predicted octanol–water partition coefficient (Wildman–Crippen LogP) is 4.42. The van der Waals surface area contributed by atoms with Crippen LogP contribution in [0.2, 0.25) is 5.02 Å². The molecular formula is C20H14ClN3O. The summed E-state index contributed by atoms with van der Waals surface area (Å²) >= 11 is 5.94. The standard InChI is InChI=1S/C20H14ClN3O/c21-17-6-4-13(5-7-17)19-12-18-11-15(8-9-24(18)23-19)14-2-1-3-16(10-14)20(22)25/h1-12H,(H2,22,25). The number of halogens is 1. The molecule has 0 fully saturated rings. The summed E-state index contributed by atoms with van der Waals surface area (Å²) < 4.78 is 1.82. The van der Waals surface area contributed by atoms with Gasteiger partial charge >= 0.3 is 0 Å². The van der Waals surface area contributed by atoms with Gasteiger partial charge < -0.3 is 5.73 Å². The highest BCUT2D eigenvalue weighted by Gasteiger charge is 2.07. The third kappa shape index (κ3) is 2.99. The van der Waals surface area contributed by atoms with Crippen molar-refractivity contribution in [2.75, 3.05) is 0 Å². The van der Waals surface area contributed by atoms with Gasteiger partial charge in [0.2, 0.25) is 5.91 Å². The average Bonchev–Trinajstić information content (AvgIpc) is 3.05. The van der Waals surface area contributed by atoms with Crippen molar-refractivity contribution in [3.8, 4) is 22.4 Å². The molecule has 0 aliphatic carbocycles. The summed E-state index contributed by atoms with van der Waals surface area (Å²) in [5.74, 6) is -0.433. The van der Waals surface area contributed by atoms with Gasteiger partial charge in [0, 0.05) is 22.3 Å². The van der Waals surface area contributed by atoms with Crippen LogP contribution in [0.15, 0.2) is 72.9 Å². The first kappa shape index (κ1) is 15.4. The fourth-order valence-electron chi connectivity index (χ4n) is 2.79. The van der Waals surface area contributed by atoms with Crippen molar-refractivity contribution in [1.29, 1.82) is 0 Å². The molecule has 4 nitrogen and oxygen atoms in total. The number of primary amides is 1. The highest BCUT2D eigenvalue weighted by molar-refractivity contribution is 6.30. The molecule has 4 rings (SSSR count). The summed E-state index contributed by atoms with van der Waals surface area (Å²) in [5, 5.41) is 5.29. The number of carbonyl (C=O) groups is 1. The summed E-state index contributed by atoms with van der Waals surface area (Å²) in [5.41, 5.74) is 10.6. The maximum atomic E-state index is 11.4. The lowest BCUT2D eigenvalue weighted by Gasteiger charge is -2.04. The quantitative estimate of drug-likeness (QED) is 0.596. The number of pyridine rings is 1. The first-order valence-electron chi connectivity index (χ1n) is 7.76. The lowest BCUT2D eigenvalue weighted by atomic mass is 10.0. The van der Waals surface area contributed by atoms with Crippen LogP contribution < -0.4 is 5.73 Å². The molecule has 2 aromatic heterocycles. The summed E-state index contributed by atoms with van der Waals surface area (Å²) in [6.07, 6.45) is 1.90. The van der Waals surface area contributed by atoms with Gasteiger partial charge in [0.05, 0.1) is 11.2 Å². The van der Waals surface area contributed by atoms with Gasteiger partial charge in [0.1, 0.15) is 0 Å². The lowest BCUT2D eigenvalue weighted by Crippen LogP contribution is -2.10. The minimum Gasteiger partial charge on any atom is -0.366 e. The van der Waals surface area contributed by atoms with E-state index in [4.69, 9.17) is 17.3 Å². The van der Waals surface area contributed by atoms with Crippen LogP contribution in [0, 0.1) is 0 Å². The van der Waals surface area contributed by atoms with E-state index < -0.39 is 5.91 Å². The fraction of sp³-hybridized carbons (Fsp3) is 0. The smallest absolute Gasteiger partial charge is 0.248 e. The Morgan fingerprint density at radius 1 is 0.920 bits per heavy atom. The van der Waals surface area contributed by atoms with E-state index in [9.17, 15) is 4.79 Å². The first-order chi connectivity index (χ1) is 12.1. The summed E-state index contributed by atoms with van der Waals surface area (Å²) in [7, 11) is 0. The molecule has 0 saturated carbocycles. The molecule has 5 heteroatoms. The van der Waals surface area contributed by atoms with Crippen LogP contribution in [-0.4, -0.2) is 15.5 Å². The van der Waals surface area contributed by atoms with Gasteiger partial charge in [0.25, 0.3) is 0 Å². The molecular weight excluding hydrogens is 334 g/mol. The first-order valence-corrected chi connectivity index (χ1v) is 8.13. The Balaban J connectivity index is 1.77. The summed E-state index contributed by atoms with van der Waals surface area (Å²) in [6, 6.07) is 20.9. The van der Waals surface area contributed by atoms with Crippen LogP contribution in [0.1, 0.15) is 10.4 Å². The molecule has 25 heavy (non-hydrogen) atoms. The van der Waals surface area contributed by atoms with Crippen molar-refractivity contribution in [2.45, 2.75) is 0 Å². The van der Waals surface area contributed by atoms with Crippen LogP contribution >= 0.6 is 11.6 Å². The number of carbonyl (C=O) groups excluding carboxylic acids is 1. The Morgan fingerprint density at radius 2 is 1.68 bits per heavy atom. The number of hydrogen-bond donors (Lipinski definition) is 1. The van der Waals surface area contributed by atoms with Gasteiger partial charge in [-0.15, -0.1) is 0 Å². The van der Waals surface area contributed by atoms with Crippen molar-refractivity contribution in [3.63, 3.8) is 0 Å². The zero-order valence-corrected chi connectivity index (χ0v) is 13.9. The van der Waals surface area contributed by atoms with Crippen LogP contribution in [0.3, 0.4) is 0 Å². The number of nitrogens with zero attached hydrogens (tertiary/aromatic N) is 2. The van der Waals surface area contributed by atoms with E-state index in [-0.39, 0.29) is 0 Å². The molecule has 0 atom stereocenters. The third-order valence-corrected chi connectivity index (χ3v) is 4.34. The van der Waals surface area contributed by atoms with Gasteiger partial charge in [-0.05, 0) is 53.6 Å². The monoisotopic (exact) mass is 347 g/mol. The highest BCUT2D eigenvalue weighted by atomic mass is 35.5. The zero-order chi connectivity index (χ0) is 17.4. The minimum absolute atomic E-state index is 0.433. The Labute approximate surface area is 149 Å². The molecule has 0 unspecified atom stereocenters. The number of hydrogen-bond acceptors (Lipinski definition) is 2. The molecule has 0 bridgehead atoms. The van der Waals surface area contributed by atoms with Gasteiger partial charge in [-0.1, -0.05) is 35.9 Å². The number of aromatic nitrogens is 2. The Kier molecular flexibility index (Phi) is 3.75. The van der Waals surface area contributed by atoms with E-state index in [1.807, 2.05) is 65.3 Å². The number of amides is 1. The van der Waals surface area contributed by atoms with Crippen molar-refractivity contribution >= 4 is 23.0 Å². The Hall–Kier alpha value is -3.11. The normalized spacial score (nSPS) is 10.9. The number of nitrogens with two attached hydrogens (primary N) is 1. The molecule has 2 heterocycles. The molecule has 2 aromatic carbocycles. The maximum Gasteiger partial charge on any atom is 0.248 e. The highest BCUT2D eigenvalue weighted by Crippen LogP contribution is 2.25. The number of rotatable bonds is 3. The van der Waals surface area contributed by atoms with Crippen LogP contribution in [0.25, 0.3) is 27.9 Å². The topological polar surface area (TPSA) is 60.4 Å². The van der Waals surface area contributed by atoms with E-state index in [0.29, 0.717) is 10.6 Å². The molecule has 4 aromatic rings. The van der Waals surface area contributed by atoms with E-state index in [2.05, 4.69) is 5.10 Å². The van der Waals surface area contributed by atoms with Crippen LogP contribution in [-0.2, 0) is 0 Å². The second-order valence-corrected chi connectivity index (χ2v) is 6.20. The molecule has 1 amide bonds. The second kappa shape index (κ2) is 6.07. The third-order valence-electron chi connectivity index (χ3n) is 4.08. The summed E-state index contributed by atoms with van der Waals surface area (Å²) in [6.45, 7) is 0. The van der Waals surface area contributed by atoms with Crippen molar-refractivity contribution in [2.24, 2.45) is 5.73 Å². The Bertz CT molecular complexity index is 1080. The average molecular weight is 348 g/mol. The number of benzene rings is 2. The zero-order valence-electron chi connectivity index (χ0n) is 13.2. The second-order valence-electron chi connectivity index (χ2n) is 5.77. The molecule has 0 aliphatic heterocycles. The van der Waals surface area contributed by atoms with Gasteiger partial charge in [-0.3, -0.25) is 4.79 Å². The van der Waals surface area contributed by atoms with Crippen molar-refractivity contribution in [3.05, 3.63) is 83.5 Å². The SMILES string of the molecule is NC(=O)c1cccc(-c2ccn3nc(-c4ccc(Cl)cc4)cc3c2)c1. The van der Waals surface area contributed by atoms with Gasteiger partial charge in [-0.2, -0.15) is 5.10 Å². The molecule has 0 aliphatic rings. The van der Waals surface area contributed by atoms with E-state index in [0.717, 1.165) is 27.9 Å². The van der Waals surface area contributed by atoms with E-state index in [1.165, 1.54) is 0 Å². The Morgan fingerprint density at radius 3 is 2.44 bits per heavy atom. The fourth-order valence-corrected chi connectivity index (χ4v) is 2.91. The summed E-state index contributed by atoms with van der Waals surface area (Å²) in [4.78, 5) is 11.4. The van der Waals surface area contributed by atoms with Crippen molar-refractivity contribution < 1.29 is 4.79 Å². The minimum atomic E-state index is -0.433. The number of fused-ring (bicyclic) bond motifs is 1.